The number of aromatic nitrogens is 2. The molecule has 3 aromatic rings. The van der Waals surface area contributed by atoms with E-state index in [4.69, 9.17) is 9.84 Å². The Kier molecular flexibility index (Phi) is 9.45. The first-order valence-corrected chi connectivity index (χ1v) is 12.3. The third-order valence-electron chi connectivity index (χ3n) is 6.00. The van der Waals surface area contributed by atoms with E-state index in [1.165, 1.54) is 28.0 Å². The molecule has 0 bridgehead atoms. The van der Waals surface area contributed by atoms with Gasteiger partial charge in [-0.3, -0.25) is 9.69 Å². The number of carboxylic acids is 1. The molecule has 0 saturated heterocycles. The first kappa shape index (κ1) is 27.3. The first-order valence-electron chi connectivity index (χ1n) is 11.5. The Morgan fingerprint density at radius 1 is 1.26 bits per heavy atom. The van der Waals surface area contributed by atoms with Crippen LogP contribution in [0.25, 0.3) is 21.1 Å². The van der Waals surface area contributed by atoms with Gasteiger partial charge in [-0.1, -0.05) is 23.5 Å². The van der Waals surface area contributed by atoms with Crippen LogP contribution >= 0.6 is 11.3 Å². The second kappa shape index (κ2) is 12.1. The van der Waals surface area contributed by atoms with E-state index in [1.807, 2.05) is 26.0 Å². The molecule has 0 fully saturated rings. The van der Waals surface area contributed by atoms with Gasteiger partial charge in [-0.25, -0.2) is 0 Å². The van der Waals surface area contributed by atoms with Gasteiger partial charge in [-0.15, -0.1) is 10.2 Å². The number of fused-ring (bicyclic) bond motifs is 1. The van der Waals surface area contributed by atoms with Crippen molar-refractivity contribution in [2.24, 2.45) is 0 Å². The van der Waals surface area contributed by atoms with E-state index in [-0.39, 0.29) is 42.1 Å². The molecule has 1 aromatic heterocycles. The van der Waals surface area contributed by atoms with Crippen molar-refractivity contribution >= 4 is 46.9 Å². The number of nitriles is 1. The van der Waals surface area contributed by atoms with Crippen molar-refractivity contribution in [3.63, 3.8) is 0 Å². The number of hydrogen-bond acceptors (Lipinski definition) is 7. The van der Waals surface area contributed by atoms with Gasteiger partial charge in [0.15, 0.2) is 0 Å². The van der Waals surface area contributed by atoms with E-state index in [1.54, 1.807) is 6.07 Å². The minimum atomic E-state index is -0.738. The zero-order chi connectivity index (χ0) is 24.2. The monoisotopic (exact) mass is 500 g/mol. The maximum atomic E-state index is 10.8. The van der Waals surface area contributed by atoms with Crippen molar-refractivity contribution < 1.29 is 14.6 Å². The van der Waals surface area contributed by atoms with Gasteiger partial charge in [0.25, 0.3) is 0 Å². The molecule has 0 saturated carbocycles. The Morgan fingerprint density at radius 2 is 2.03 bits per heavy atom. The molecule has 9 heteroatoms. The van der Waals surface area contributed by atoms with Gasteiger partial charge < -0.3 is 9.84 Å². The quantitative estimate of drug-likeness (QED) is 0.457. The molecule has 0 amide bonds. The van der Waals surface area contributed by atoms with Gasteiger partial charge in [0.1, 0.15) is 21.8 Å². The Bertz CT molecular complexity index is 1250. The predicted molar refractivity (Wildman–Crippen MR) is 139 cm³/mol. The van der Waals surface area contributed by atoms with E-state index in [0.717, 1.165) is 47.2 Å². The summed E-state index contributed by atoms with van der Waals surface area (Å²) in [5.41, 5.74) is 6.30. The predicted octanol–water partition coefficient (Wildman–Crippen LogP) is 4.41. The van der Waals surface area contributed by atoms with Crippen LogP contribution < -0.4 is 4.74 Å². The summed E-state index contributed by atoms with van der Waals surface area (Å²) in [5.74, 6) is -0.161. The molecule has 1 aliphatic rings. The summed E-state index contributed by atoms with van der Waals surface area (Å²) in [6.45, 7) is 8.59. The molecule has 1 N–H and O–H groups in total. The summed E-state index contributed by atoms with van der Waals surface area (Å²) in [6.07, 6.45) is 1.82. The average molecular weight is 501 g/mol. The van der Waals surface area contributed by atoms with Crippen LogP contribution in [-0.4, -0.2) is 74.9 Å². The van der Waals surface area contributed by atoms with Crippen LogP contribution in [0, 0.1) is 18.3 Å². The second-order valence-electron chi connectivity index (χ2n) is 8.80. The van der Waals surface area contributed by atoms with Crippen molar-refractivity contribution in [2.45, 2.75) is 52.7 Å². The summed E-state index contributed by atoms with van der Waals surface area (Å²) in [4.78, 5) is 13.1. The van der Waals surface area contributed by atoms with Crippen molar-refractivity contribution in [1.82, 2.24) is 15.1 Å². The van der Waals surface area contributed by atoms with Crippen molar-refractivity contribution in [1.29, 1.82) is 5.26 Å². The number of carbonyl (C=O) groups is 1. The van der Waals surface area contributed by atoms with E-state index < -0.39 is 5.97 Å². The van der Waals surface area contributed by atoms with E-state index in [9.17, 15) is 10.1 Å². The summed E-state index contributed by atoms with van der Waals surface area (Å²) in [6, 6.07) is 12.0. The standard InChI is InChI=1S/C26H28N4O3S.Na.H/c1-16(2)33-23-9-7-18(13-20(23)14-27)25-28-29-26(34-25)22-8-6-19-15-30(11-4-5-24(31)32)12-10-21(19)17(22)3;;/h6-9,13,16H,4-5,10-12,15H2,1-3H3,(H,31,32);;. The van der Waals surface area contributed by atoms with Gasteiger partial charge in [0, 0.05) is 30.6 Å². The Labute approximate surface area is 232 Å². The van der Waals surface area contributed by atoms with E-state index in [2.05, 4.69) is 40.2 Å². The number of nitrogens with zero attached hydrogens (tertiary/aromatic N) is 4. The molecule has 4 rings (SSSR count). The van der Waals surface area contributed by atoms with Crippen LogP contribution in [0.1, 0.15) is 48.9 Å². The number of rotatable bonds is 8. The van der Waals surface area contributed by atoms with Gasteiger partial charge >= 0.3 is 35.5 Å². The van der Waals surface area contributed by atoms with Gasteiger partial charge in [0.05, 0.1) is 11.7 Å². The zero-order valence-corrected chi connectivity index (χ0v) is 20.5. The van der Waals surface area contributed by atoms with Crippen LogP contribution in [0.3, 0.4) is 0 Å². The number of carboxylic acid groups (broad SMARTS) is 1. The van der Waals surface area contributed by atoms with Crippen LogP contribution in [0.5, 0.6) is 5.75 Å². The number of hydrogen-bond donors (Lipinski definition) is 1. The van der Waals surface area contributed by atoms with Crippen molar-refractivity contribution in [3.8, 4) is 33.0 Å². The Hall–Kier alpha value is -2.28. The maximum absolute atomic E-state index is 10.8. The van der Waals surface area contributed by atoms with Crippen LogP contribution in [-0.2, 0) is 17.8 Å². The summed E-state index contributed by atoms with van der Waals surface area (Å²) in [5, 5.41) is 28.9. The first-order chi connectivity index (χ1) is 16.4. The third-order valence-corrected chi connectivity index (χ3v) is 7.00. The molecule has 1 aliphatic heterocycles. The number of aliphatic carboxylic acids is 1. The van der Waals surface area contributed by atoms with Gasteiger partial charge in [-0.05, 0) is 75.0 Å². The average Bonchev–Trinajstić information content (AvgIpc) is 3.29. The fraction of sp³-hybridized carbons (Fsp3) is 0.385. The molecule has 2 heterocycles. The number of ether oxygens (including phenoxy) is 1. The molecule has 0 aliphatic carbocycles. The van der Waals surface area contributed by atoms with Crippen LogP contribution in [0.15, 0.2) is 30.3 Å². The minimum absolute atomic E-state index is 0. The number of benzene rings is 2. The second-order valence-corrected chi connectivity index (χ2v) is 9.78. The molecule has 0 atom stereocenters. The fourth-order valence-electron chi connectivity index (χ4n) is 4.33. The van der Waals surface area contributed by atoms with Crippen molar-refractivity contribution in [2.75, 3.05) is 13.1 Å². The Balaban J connectivity index is 0.00000342. The van der Waals surface area contributed by atoms with Gasteiger partial charge in [0.2, 0.25) is 0 Å². The van der Waals surface area contributed by atoms with Crippen molar-refractivity contribution in [3.05, 3.63) is 52.6 Å². The molecule has 7 nitrogen and oxygen atoms in total. The topological polar surface area (TPSA) is 99.3 Å². The molecule has 0 radical (unpaired) electrons. The molecule has 0 spiro atoms. The molecular weight excluding hydrogens is 471 g/mol. The van der Waals surface area contributed by atoms with Crippen LogP contribution in [0.2, 0.25) is 0 Å². The molecule has 35 heavy (non-hydrogen) atoms. The normalized spacial score (nSPS) is 13.1. The van der Waals surface area contributed by atoms with Crippen LogP contribution in [0.4, 0.5) is 0 Å². The Morgan fingerprint density at radius 3 is 2.74 bits per heavy atom. The molecule has 2 aromatic carbocycles. The van der Waals surface area contributed by atoms with Gasteiger partial charge in [-0.2, -0.15) is 5.26 Å². The summed E-state index contributed by atoms with van der Waals surface area (Å²) < 4.78 is 5.73. The molecular formula is C26H29N4NaO3S. The molecule has 178 valence electrons. The van der Waals surface area contributed by atoms with E-state index >= 15 is 0 Å². The fourth-order valence-corrected chi connectivity index (χ4v) is 5.25. The zero-order valence-electron chi connectivity index (χ0n) is 19.7. The third kappa shape index (κ3) is 6.49. The SMILES string of the molecule is Cc1c(-c2nnc(-c3ccc(OC(C)C)c(C#N)c3)s2)ccc2c1CCN(CCCC(=O)O)C2.[NaH]. The summed E-state index contributed by atoms with van der Waals surface area (Å²) >= 11 is 1.52. The molecule has 0 unspecified atom stereocenters. The summed E-state index contributed by atoms with van der Waals surface area (Å²) in [7, 11) is 0. The van der Waals surface area contributed by atoms with E-state index in [0.29, 0.717) is 17.7 Å².